The molecule has 3 rings (SSSR count). The van der Waals surface area contributed by atoms with Crippen LogP contribution in [0.5, 0.6) is 11.5 Å². The van der Waals surface area contributed by atoms with Crippen LogP contribution in [0.3, 0.4) is 0 Å². The Labute approximate surface area is 117 Å². The molecule has 0 aliphatic heterocycles. The Morgan fingerprint density at radius 2 is 1.90 bits per heavy atom. The third-order valence-electron chi connectivity index (χ3n) is 3.14. The van der Waals surface area contributed by atoms with Crippen LogP contribution in [0, 0.1) is 0 Å². The summed E-state index contributed by atoms with van der Waals surface area (Å²) in [6.45, 7) is 0.474. The molecular formula is C16H16N2O2. The van der Waals surface area contributed by atoms with Crippen LogP contribution in [-0.4, -0.2) is 12.1 Å². The van der Waals surface area contributed by atoms with Gasteiger partial charge in [-0.2, -0.15) is 0 Å². The van der Waals surface area contributed by atoms with E-state index in [1.807, 2.05) is 42.5 Å². The monoisotopic (exact) mass is 268 g/mol. The van der Waals surface area contributed by atoms with Crippen LogP contribution < -0.4 is 15.2 Å². The van der Waals surface area contributed by atoms with Crippen molar-refractivity contribution in [2.24, 2.45) is 0 Å². The first-order chi connectivity index (χ1) is 9.74. The summed E-state index contributed by atoms with van der Waals surface area (Å²) in [7, 11) is 1.64. The number of hydrogen-bond acceptors (Lipinski definition) is 3. The average Bonchev–Trinajstić information content (AvgIpc) is 2.87. The molecule has 0 amide bonds. The van der Waals surface area contributed by atoms with Crippen LogP contribution in [0.4, 0.5) is 5.69 Å². The number of nitrogens with two attached hydrogens (primary N) is 1. The third kappa shape index (κ3) is 2.54. The normalized spacial score (nSPS) is 10.7. The van der Waals surface area contributed by atoms with Crippen LogP contribution in [0.15, 0.2) is 48.5 Å². The number of hydrogen-bond donors (Lipinski definition) is 2. The number of anilines is 1. The Hall–Kier alpha value is -2.62. The standard InChI is InChI=1S/C16H16N2O2/c1-19-14-3-2-4-15(9-14)20-10-13-7-11-5-6-12(17)8-16(11)18-13/h2-9,18H,10,17H2,1H3. The van der Waals surface area contributed by atoms with Gasteiger partial charge in [0.1, 0.15) is 18.1 Å². The van der Waals surface area contributed by atoms with E-state index in [1.54, 1.807) is 7.11 Å². The first-order valence-electron chi connectivity index (χ1n) is 6.38. The van der Waals surface area contributed by atoms with Crippen molar-refractivity contribution >= 4 is 16.6 Å². The summed E-state index contributed by atoms with van der Waals surface area (Å²) in [5, 5.41) is 1.13. The summed E-state index contributed by atoms with van der Waals surface area (Å²) in [6.07, 6.45) is 0. The van der Waals surface area contributed by atoms with E-state index in [2.05, 4.69) is 11.1 Å². The molecule has 1 aromatic heterocycles. The lowest BCUT2D eigenvalue weighted by Crippen LogP contribution is -1.95. The van der Waals surface area contributed by atoms with Crippen molar-refractivity contribution in [3.8, 4) is 11.5 Å². The molecule has 0 spiro atoms. The number of ether oxygens (including phenoxy) is 2. The molecule has 0 saturated heterocycles. The van der Waals surface area contributed by atoms with Gasteiger partial charge in [-0.3, -0.25) is 0 Å². The fourth-order valence-corrected chi connectivity index (χ4v) is 2.13. The number of H-pyrrole nitrogens is 1. The Balaban J connectivity index is 1.76. The van der Waals surface area contributed by atoms with Crippen LogP contribution >= 0.6 is 0 Å². The van der Waals surface area contributed by atoms with Gasteiger partial charge in [0, 0.05) is 17.3 Å². The summed E-state index contributed by atoms with van der Waals surface area (Å²) in [6, 6.07) is 15.4. The van der Waals surface area contributed by atoms with Crippen molar-refractivity contribution in [3.63, 3.8) is 0 Å². The summed E-state index contributed by atoms with van der Waals surface area (Å²) in [5.41, 5.74) is 8.54. The van der Waals surface area contributed by atoms with E-state index in [0.717, 1.165) is 33.8 Å². The number of nitrogen functional groups attached to an aromatic ring is 1. The second kappa shape index (κ2) is 5.17. The summed E-state index contributed by atoms with van der Waals surface area (Å²) < 4.78 is 10.9. The van der Waals surface area contributed by atoms with Gasteiger partial charge in [-0.05, 0) is 35.7 Å². The largest absolute Gasteiger partial charge is 0.497 e. The fourth-order valence-electron chi connectivity index (χ4n) is 2.13. The van der Waals surface area contributed by atoms with Crippen molar-refractivity contribution < 1.29 is 9.47 Å². The molecule has 4 heteroatoms. The molecule has 20 heavy (non-hydrogen) atoms. The van der Waals surface area contributed by atoms with E-state index in [-0.39, 0.29) is 0 Å². The highest BCUT2D eigenvalue weighted by Crippen LogP contribution is 2.22. The molecule has 3 aromatic rings. The van der Waals surface area contributed by atoms with Gasteiger partial charge in [0.15, 0.2) is 0 Å². The Bertz CT molecular complexity index is 734. The molecule has 0 radical (unpaired) electrons. The van der Waals surface area contributed by atoms with E-state index < -0.39 is 0 Å². The molecule has 1 heterocycles. The number of methoxy groups -OCH3 is 1. The number of benzene rings is 2. The third-order valence-corrected chi connectivity index (χ3v) is 3.14. The van der Waals surface area contributed by atoms with Crippen molar-refractivity contribution in [2.75, 3.05) is 12.8 Å². The maximum absolute atomic E-state index is 5.76. The maximum Gasteiger partial charge on any atom is 0.128 e. The molecule has 3 N–H and O–H groups in total. The van der Waals surface area contributed by atoms with Gasteiger partial charge in [0.05, 0.1) is 12.8 Å². The van der Waals surface area contributed by atoms with Crippen molar-refractivity contribution in [1.82, 2.24) is 4.98 Å². The number of nitrogens with one attached hydrogen (secondary N) is 1. The van der Waals surface area contributed by atoms with Crippen LogP contribution in [-0.2, 0) is 6.61 Å². The van der Waals surface area contributed by atoms with Crippen LogP contribution in [0.2, 0.25) is 0 Å². The van der Waals surface area contributed by atoms with Gasteiger partial charge >= 0.3 is 0 Å². The second-order valence-corrected chi connectivity index (χ2v) is 4.61. The van der Waals surface area contributed by atoms with Crippen LogP contribution in [0.25, 0.3) is 10.9 Å². The average molecular weight is 268 g/mol. The zero-order chi connectivity index (χ0) is 13.9. The lowest BCUT2D eigenvalue weighted by molar-refractivity contribution is 0.300. The number of aromatic amines is 1. The van der Waals surface area contributed by atoms with Gasteiger partial charge in [0.25, 0.3) is 0 Å². The molecule has 0 atom stereocenters. The van der Waals surface area contributed by atoms with Gasteiger partial charge in [-0.15, -0.1) is 0 Å². The predicted octanol–water partition coefficient (Wildman–Crippen LogP) is 3.34. The van der Waals surface area contributed by atoms with Gasteiger partial charge < -0.3 is 20.2 Å². The lowest BCUT2D eigenvalue weighted by atomic mass is 10.2. The SMILES string of the molecule is COc1cccc(OCc2cc3ccc(N)cc3[nH]2)c1. The number of rotatable bonds is 4. The van der Waals surface area contributed by atoms with E-state index in [0.29, 0.717) is 6.61 Å². The Kier molecular flexibility index (Phi) is 3.21. The second-order valence-electron chi connectivity index (χ2n) is 4.61. The summed E-state index contributed by atoms with van der Waals surface area (Å²) in [5.74, 6) is 1.56. The molecule has 2 aromatic carbocycles. The van der Waals surface area contributed by atoms with Gasteiger partial charge in [-0.25, -0.2) is 0 Å². The van der Waals surface area contributed by atoms with E-state index in [1.165, 1.54) is 0 Å². The molecule has 0 saturated carbocycles. The van der Waals surface area contributed by atoms with Gasteiger partial charge in [0.2, 0.25) is 0 Å². The number of aromatic nitrogens is 1. The molecule has 0 aliphatic rings. The molecule has 102 valence electrons. The van der Waals surface area contributed by atoms with Gasteiger partial charge in [-0.1, -0.05) is 12.1 Å². The maximum atomic E-state index is 5.76. The molecular weight excluding hydrogens is 252 g/mol. The molecule has 4 nitrogen and oxygen atoms in total. The Morgan fingerprint density at radius 1 is 1.05 bits per heavy atom. The first kappa shape index (κ1) is 12.4. The van der Waals surface area contributed by atoms with Crippen molar-refractivity contribution in [1.29, 1.82) is 0 Å². The quantitative estimate of drug-likeness (QED) is 0.713. The number of fused-ring (bicyclic) bond motifs is 1. The van der Waals surface area contributed by atoms with Crippen molar-refractivity contribution in [3.05, 3.63) is 54.2 Å². The van der Waals surface area contributed by atoms with E-state index >= 15 is 0 Å². The summed E-state index contributed by atoms with van der Waals surface area (Å²) >= 11 is 0. The van der Waals surface area contributed by atoms with Crippen LogP contribution in [0.1, 0.15) is 5.69 Å². The summed E-state index contributed by atoms with van der Waals surface area (Å²) in [4.78, 5) is 3.30. The minimum Gasteiger partial charge on any atom is -0.497 e. The predicted molar refractivity (Wildman–Crippen MR) is 80.0 cm³/mol. The minimum atomic E-state index is 0.474. The molecule has 0 bridgehead atoms. The highest BCUT2D eigenvalue weighted by molar-refractivity contribution is 5.83. The highest BCUT2D eigenvalue weighted by atomic mass is 16.5. The molecule has 0 fully saturated rings. The first-order valence-corrected chi connectivity index (χ1v) is 6.38. The molecule has 0 unspecified atom stereocenters. The zero-order valence-corrected chi connectivity index (χ0v) is 11.2. The van der Waals surface area contributed by atoms with E-state index in [4.69, 9.17) is 15.2 Å². The Morgan fingerprint density at radius 3 is 2.75 bits per heavy atom. The fraction of sp³-hybridized carbons (Fsp3) is 0.125. The molecule has 0 aliphatic carbocycles. The lowest BCUT2D eigenvalue weighted by Gasteiger charge is -2.06. The highest BCUT2D eigenvalue weighted by Gasteiger charge is 2.03. The van der Waals surface area contributed by atoms with Crippen molar-refractivity contribution in [2.45, 2.75) is 6.61 Å². The topological polar surface area (TPSA) is 60.3 Å². The van der Waals surface area contributed by atoms with E-state index in [9.17, 15) is 0 Å². The minimum absolute atomic E-state index is 0.474. The zero-order valence-electron chi connectivity index (χ0n) is 11.2. The smallest absolute Gasteiger partial charge is 0.128 e.